The highest BCUT2D eigenvalue weighted by Crippen LogP contribution is 2.36. The summed E-state index contributed by atoms with van der Waals surface area (Å²) >= 11 is 0. The van der Waals surface area contributed by atoms with Crippen LogP contribution in [0.25, 0.3) is 0 Å². The van der Waals surface area contributed by atoms with Crippen LogP contribution in [0.5, 0.6) is 5.75 Å². The Balaban J connectivity index is 1.91. The van der Waals surface area contributed by atoms with Crippen LogP contribution in [-0.4, -0.2) is 25.4 Å². The van der Waals surface area contributed by atoms with Crippen LogP contribution in [-0.2, 0) is 15.7 Å². The number of rotatable bonds is 4. The van der Waals surface area contributed by atoms with Crippen molar-refractivity contribution in [1.82, 2.24) is 0 Å². The molecule has 3 nitrogen and oxygen atoms in total. The van der Waals surface area contributed by atoms with Gasteiger partial charge >= 0.3 is 7.12 Å². The van der Waals surface area contributed by atoms with E-state index >= 15 is 0 Å². The van der Waals surface area contributed by atoms with E-state index in [4.69, 9.17) is 14.0 Å². The molecule has 0 amide bonds. The Labute approximate surface area is 122 Å². The molecular weight excluding hydrogens is 251 g/mol. The van der Waals surface area contributed by atoms with Crippen LogP contribution in [0, 0.1) is 0 Å². The molecule has 0 N–H and O–H groups in total. The van der Waals surface area contributed by atoms with Crippen molar-refractivity contribution in [3.05, 3.63) is 41.9 Å². The molecule has 2 rings (SSSR count). The highest BCUT2D eigenvalue weighted by atomic mass is 16.7. The minimum absolute atomic E-state index is 0.266. The predicted molar refractivity (Wildman–Crippen MR) is 81.9 cm³/mol. The third-order valence-corrected chi connectivity index (χ3v) is 4.08. The Morgan fingerprint density at radius 1 is 1.05 bits per heavy atom. The number of allylic oxidation sites excluding steroid dienone is 1. The van der Waals surface area contributed by atoms with E-state index in [-0.39, 0.29) is 18.3 Å². The Morgan fingerprint density at radius 2 is 1.60 bits per heavy atom. The third-order valence-electron chi connectivity index (χ3n) is 4.08. The largest absolute Gasteiger partial charge is 0.497 e. The summed E-state index contributed by atoms with van der Waals surface area (Å²) in [6.07, 6.45) is 2.94. The van der Waals surface area contributed by atoms with Gasteiger partial charge in [0.1, 0.15) is 5.75 Å². The molecule has 1 heterocycles. The van der Waals surface area contributed by atoms with Crippen molar-refractivity contribution in [2.45, 2.75) is 45.3 Å². The lowest BCUT2D eigenvalue weighted by Gasteiger charge is -2.32. The second kappa shape index (κ2) is 5.62. The average molecular weight is 274 g/mol. The van der Waals surface area contributed by atoms with Gasteiger partial charge < -0.3 is 14.0 Å². The zero-order chi connectivity index (χ0) is 14.8. The van der Waals surface area contributed by atoms with E-state index in [0.717, 1.165) is 12.2 Å². The fourth-order valence-electron chi connectivity index (χ4n) is 2.04. The summed E-state index contributed by atoms with van der Waals surface area (Å²) in [5.41, 5.74) is 0.683. The predicted octanol–water partition coefficient (Wildman–Crippen LogP) is 3.43. The fourth-order valence-corrected chi connectivity index (χ4v) is 2.04. The summed E-state index contributed by atoms with van der Waals surface area (Å²) in [7, 11) is 1.41. The van der Waals surface area contributed by atoms with Gasteiger partial charge in [-0.2, -0.15) is 0 Å². The standard InChI is InChI=1S/C16H23BO3/c1-15(2)16(3,4)20-17(19-15)12-6-7-13-8-10-14(18-5)11-9-13/h6,8-12H,7H2,1-5H3/b12-6+. The fraction of sp³-hybridized carbons (Fsp3) is 0.500. The monoisotopic (exact) mass is 274 g/mol. The van der Waals surface area contributed by atoms with Crippen LogP contribution in [0.1, 0.15) is 33.3 Å². The Morgan fingerprint density at radius 3 is 2.10 bits per heavy atom. The summed E-state index contributed by atoms with van der Waals surface area (Å²) in [6, 6.07) is 8.07. The van der Waals surface area contributed by atoms with E-state index in [1.54, 1.807) is 7.11 Å². The second-order valence-corrected chi connectivity index (χ2v) is 6.11. The molecule has 0 bridgehead atoms. The first kappa shape index (κ1) is 15.1. The molecule has 0 atom stereocenters. The first-order valence-electron chi connectivity index (χ1n) is 6.99. The summed E-state index contributed by atoms with van der Waals surface area (Å²) in [5, 5.41) is 0. The third kappa shape index (κ3) is 3.25. The minimum atomic E-state index is -0.276. The first-order valence-corrected chi connectivity index (χ1v) is 6.99. The molecule has 0 saturated carbocycles. The van der Waals surface area contributed by atoms with Crippen LogP contribution < -0.4 is 4.74 Å². The van der Waals surface area contributed by atoms with E-state index in [1.807, 2.05) is 18.1 Å². The first-order chi connectivity index (χ1) is 9.34. The molecule has 1 aliphatic heterocycles. The topological polar surface area (TPSA) is 27.7 Å². The molecule has 20 heavy (non-hydrogen) atoms. The van der Waals surface area contributed by atoms with Crippen LogP contribution >= 0.6 is 0 Å². The average Bonchev–Trinajstić information content (AvgIpc) is 2.58. The van der Waals surface area contributed by atoms with Gasteiger partial charge in [-0.25, -0.2) is 0 Å². The lowest BCUT2D eigenvalue weighted by molar-refractivity contribution is 0.00578. The summed E-state index contributed by atoms with van der Waals surface area (Å²) in [4.78, 5) is 0. The van der Waals surface area contributed by atoms with E-state index < -0.39 is 0 Å². The molecule has 0 aliphatic carbocycles. The van der Waals surface area contributed by atoms with Gasteiger partial charge in [-0.05, 0) is 51.8 Å². The molecule has 0 spiro atoms. The van der Waals surface area contributed by atoms with Gasteiger partial charge in [-0.3, -0.25) is 0 Å². The van der Waals surface area contributed by atoms with Gasteiger partial charge in [0, 0.05) is 0 Å². The number of methoxy groups -OCH3 is 1. The van der Waals surface area contributed by atoms with Gasteiger partial charge in [-0.15, -0.1) is 0 Å². The Hall–Kier alpha value is -1.26. The maximum Gasteiger partial charge on any atom is 0.486 e. The van der Waals surface area contributed by atoms with E-state index in [1.165, 1.54) is 5.56 Å². The molecular formula is C16H23BO3. The van der Waals surface area contributed by atoms with Crippen molar-refractivity contribution in [3.8, 4) is 5.75 Å². The highest BCUT2D eigenvalue weighted by molar-refractivity contribution is 6.51. The van der Waals surface area contributed by atoms with Gasteiger partial charge in [0.2, 0.25) is 0 Å². The van der Waals surface area contributed by atoms with E-state index in [2.05, 4.69) is 45.9 Å². The SMILES string of the molecule is COc1ccc(C/C=C/B2OC(C)(C)C(C)(C)O2)cc1. The van der Waals surface area contributed by atoms with Gasteiger partial charge in [-0.1, -0.05) is 24.2 Å². The summed E-state index contributed by atoms with van der Waals surface area (Å²) < 4.78 is 17.0. The highest BCUT2D eigenvalue weighted by Gasteiger charge is 2.49. The molecule has 1 aromatic rings. The molecule has 4 heteroatoms. The molecule has 1 fully saturated rings. The zero-order valence-electron chi connectivity index (χ0n) is 13.0. The van der Waals surface area contributed by atoms with Crippen molar-refractivity contribution in [2.75, 3.05) is 7.11 Å². The summed E-state index contributed by atoms with van der Waals surface area (Å²) in [5.74, 6) is 2.87. The van der Waals surface area contributed by atoms with Gasteiger partial charge in [0.25, 0.3) is 0 Å². The molecule has 108 valence electrons. The summed E-state index contributed by atoms with van der Waals surface area (Å²) in [6.45, 7) is 8.24. The van der Waals surface area contributed by atoms with Crippen LogP contribution in [0.15, 0.2) is 36.3 Å². The quantitative estimate of drug-likeness (QED) is 0.787. The smallest absolute Gasteiger partial charge is 0.486 e. The number of benzene rings is 1. The minimum Gasteiger partial charge on any atom is -0.497 e. The number of ether oxygens (including phenoxy) is 1. The molecule has 0 radical (unpaired) electrons. The van der Waals surface area contributed by atoms with Crippen molar-refractivity contribution >= 4 is 7.12 Å². The van der Waals surface area contributed by atoms with Crippen LogP contribution in [0.4, 0.5) is 0 Å². The Kier molecular flexibility index (Phi) is 4.26. The van der Waals surface area contributed by atoms with Crippen molar-refractivity contribution in [1.29, 1.82) is 0 Å². The number of hydrogen-bond acceptors (Lipinski definition) is 3. The molecule has 1 aromatic carbocycles. The maximum absolute atomic E-state index is 5.91. The molecule has 0 unspecified atom stereocenters. The maximum atomic E-state index is 5.91. The molecule has 1 aliphatic rings. The Bertz CT molecular complexity index is 461. The van der Waals surface area contributed by atoms with Gasteiger partial charge in [0.05, 0.1) is 18.3 Å². The van der Waals surface area contributed by atoms with Gasteiger partial charge in [0.15, 0.2) is 0 Å². The molecule has 0 aromatic heterocycles. The normalized spacial score (nSPS) is 20.6. The van der Waals surface area contributed by atoms with Crippen LogP contribution in [0.3, 0.4) is 0 Å². The number of hydrogen-bond donors (Lipinski definition) is 0. The van der Waals surface area contributed by atoms with Crippen molar-refractivity contribution in [3.63, 3.8) is 0 Å². The molecule has 1 saturated heterocycles. The van der Waals surface area contributed by atoms with Crippen molar-refractivity contribution < 1.29 is 14.0 Å². The van der Waals surface area contributed by atoms with E-state index in [0.29, 0.717) is 0 Å². The lowest BCUT2D eigenvalue weighted by Crippen LogP contribution is -2.41. The zero-order valence-corrected chi connectivity index (χ0v) is 13.0. The van der Waals surface area contributed by atoms with E-state index in [9.17, 15) is 0 Å². The lowest BCUT2D eigenvalue weighted by atomic mass is 9.89. The van der Waals surface area contributed by atoms with Crippen LogP contribution in [0.2, 0.25) is 0 Å². The van der Waals surface area contributed by atoms with Crippen molar-refractivity contribution in [2.24, 2.45) is 0 Å². The second-order valence-electron chi connectivity index (χ2n) is 6.11.